The van der Waals surface area contributed by atoms with Crippen LogP contribution in [0.25, 0.3) is 0 Å². The Morgan fingerprint density at radius 3 is 2.81 bits per heavy atom. The number of amides is 2. The fourth-order valence-electron chi connectivity index (χ4n) is 1.79. The Kier molecular flexibility index (Phi) is 4.84. The van der Waals surface area contributed by atoms with Crippen LogP contribution in [0.4, 0.5) is 15.0 Å². The van der Waals surface area contributed by atoms with E-state index in [4.69, 9.17) is 0 Å². The number of aliphatic hydroxyl groups excluding tert-OH is 1. The summed E-state index contributed by atoms with van der Waals surface area (Å²) in [5.41, 5.74) is 1.19. The van der Waals surface area contributed by atoms with Crippen LogP contribution in [0.5, 0.6) is 0 Å². The quantitative estimate of drug-likeness (QED) is 0.809. The molecule has 1 heterocycles. The number of nitrogens with one attached hydrogen (secondary N) is 2. The van der Waals surface area contributed by atoms with Gasteiger partial charge in [0.05, 0.1) is 6.10 Å². The fraction of sp³-hybridized carbons (Fsp3) is 0.200. The molecular weight excluding hydrogens is 273 g/mol. The molecule has 1 aromatic heterocycles. The number of aryl methyl sites for hydroxylation is 1. The van der Waals surface area contributed by atoms with Gasteiger partial charge in [-0.3, -0.25) is 5.32 Å². The summed E-state index contributed by atoms with van der Waals surface area (Å²) in [7, 11) is 0. The minimum Gasteiger partial charge on any atom is -0.387 e. The van der Waals surface area contributed by atoms with Crippen molar-refractivity contribution >= 4 is 11.8 Å². The lowest BCUT2D eigenvalue weighted by atomic mass is 10.1. The van der Waals surface area contributed by atoms with Crippen molar-refractivity contribution in [2.45, 2.75) is 13.0 Å². The van der Waals surface area contributed by atoms with Crippen LogP contribution >= 0.6 is 0 Å². The summed E-state index contributed by atoms with van der Waals surface area (Å²) in [6.45, 7) is 1.79. The van der Waals surface area contributed by atoms with Crippen LogP contribution in [0.2, 0.25) is 0 Å². The highest BCUT2D eigenvalue weighted by molar-refractivity contribution is 5.88. The molecule has 0 radical (unpaired) electrons. The van der Waals surface area contributed by atoms with E-state index in [9.17, 15) is 14.3 Å². The highest BCUT2D eigenvalue weighted by Gasteiger charge is 2.10. The van der Waals surface area contributed by atoms with Crippen molar-refractivity contribution in [1.29, 1.82) is 0 Å². The molecule has 0 bridgehead atoms. The molecule has 0 unspecified atom stereocenters. The van der Waals surface area contributed by atoms with Crippen molar-refractivity contribution in [3.63, 3.8) is 0 Å². The number of benzene rings is 1. The van der Waals surface area contributed by atoms with E-state index in [-0.39, 0.29) is 6.54 Å². The van der Waals surface area contributed by atoms with Crippen molar-refractivity contribution in [2.75, 3.05) is 11.9 Å². The van der Waals surface area contributed by atoms with E-state index >= 15 is 0 Å². The molecule has 0 aliphatic heterocycles. The lowest BCUT2D eigenvalue weighted by Gasteiger charge is -2.13. The standard InChI is InChI=1S/C15H16FN3O2/c1-10-4-2-7-14(18-10)19-15(21)17-9-13(20)11-5-3-6-12(16)8-11/h2-8,13,20H,9H2,1H3,(H2,17,18,19,21)/t13-/m1/s1. The summed E-state index contributed by atoms with van der Waals surface area (Å²) in [4.78, 5) is 15.8. The Labute approximate surface area is 121 Å². The number of hydrogen-bond donors (Lipinski definition) is 3. The molecule has 2 amide bonds. The van der Waals surface area contributed by atoms with E-state index < -0.39 is 18.0 Å². The fourth-order valence-corrected chi connectivity index (χ4v) is 1.79. The minimum absolute atomic E-state index is 0.0267. The zero-order valence-corrected chi connectivity index (χ0v) is 11.5. The van der Waals surface area contributed by atoms with Crippen LogP contribution < -0.4 is 10.6 Å². The molecule has 0 saturated carbocycles. The molecule has 21 heavy (non-hydrogen) atoms. The predicted molar refractivity (Wildman–Crippen MR) is 77.4 cm³/mol. The van der Waals surface area contributed by atoms with Gasteiger partial charge in [0.1, 0.15) is 11.6 Å². The van der Waals surface area contributed by atoms with E-state index in [2.05, 4.69) is 15.6 Å². The van der Waals surface area contributed by atoms with Crippen LogP contribution in [0.15, 0.2) is 42.5 Å². The third-order valence-corrected chi connectivity index (χ3v) is 2.82. The Morgan fingerprint density at radius 1 is 1.33 bits per heavy atom. The van der Waals surface area contributed by atoms with E-state index in [1.807, 2.05) is 13.0 Å². The van der Waals surface area contributed by atoms with Crippen LogP contribution in [0.3, 0.4) is 0 Å². The second kappa shape index (κ2) is 6.81. The highest BCUT2D eigenvalue weighted by atomic mass is 19.1. The van der Waals surface area contributed by atoms with Crippen LogP contribution in [-0.4, -0.2) is 22.7 Å². The first-order valence-electron chi connectivity index (χ1n) is 6.46. The maximum Gasteiger partial charge on any atom is 0.320 e. The molecule has 2 rings (SSSR count). The summed E-state index contributed by atoms with van der Waals surface area (Å²) in [5, 5.41) is 14.9. The average Bonchev–Trinajstić information content (AvgIpc) is 2.45. The van der Waals surface area contributed by atoms with Gasteiger partial charge >= 0.3 is 6.03 Å². The van der Waals surface area contributed by atoms with E-state index in [1.165, 1.54) is 18.2 Å². The number of urea groups is 1. The minimum atomic E-state index is -0.975. The number of aliphatic hydroxyl groups is 1. The van der Waals surface area contributed by atoms with Crippen molar-refractivity contribution in [3.8, 4) is 0 Å². The second-order valence-corrected chi connectivity index (χ2v) is 4.57. The van der Waals surface area contributed by atoms with Gasteiger partial charge in [0, 0.05) is 12.2 Å². The molecule has 1 aromatic carbocycles. The van der Waals surface area contributed by atoms with Crippen molar-refractivity contribution in [1.82, 2.24) is 10.3 Å². The number of rotatable bonds is 4. The van der Waals surface area contributed by atoms with E-state index in [0.29, 0.717) is 11.4 Å². The number of halogens is 1. The predicted octanol–water partition coefficient (Wildman–Crippen LogP) is 2.38. The maximum absolute atomic E-state index is 13.0. The summed E-state index contributed by atoms with van der Waals surface area (Å²) < 4.78 is 13.0. The normalized spacial score (nSPS) is 11.8. The highest BCUT2D eigenvalue weighted by Crippen LogP contribution is 2.13. The van der Waals surface area contributed by atoms with Gasteiger partial charge in [0.25, 0.3) is 0 Å². The number of pyridine rings is 1. The van der Waals surface area contributed by atoms with Gasteiger partial charge in [-0.2, -0.15) is 0 Å². The molecule has 0 aliphatic carbocycles. The van der Waals surface area contributed by atoms with Crippen molar-refractivity contribution < 1.29 is 14.3 Å². The number of hydrogen-bond acceptors (Lipinski definition) is 3. The Hall–Kier alpha value is -2.47. The zero-order chi connectivity index (χ0) is 15.2. The van der Waals surface area contributed by atoms with E-state index in [1.54, 1.807) is 18.2 Å². The molecule has 6 heteroatoms. The first-order valence-corrected chi connectivity index (χ1v) is 6.46. The first kappa shape index (κ1) is 14.9. The lowest BCUT2D eigenvalue weighted by molar-refractivity contribution is 0.174. The summed E-state index contributed by atoms with van der Waals surface area (Å²) in [6.07, 6.45) is -0.975. The molecule has 0 saturated heterocycles. The van der Waals surface area contributed by atoms with Gasteiger partial charge in [-0.05, 0) is 36.8 Å². The summed E-state index contributed by atoms with van der Waals surface area (Å²) in [6, 6.07) is 10.4. The van der Waals surface area contributed by atoms with Gasteiger partial charge in [0.15, 0.2) is 0 Å². The van der Waals surface area contributed by atoms with Gasteiger partial charge in [-0.1, -0.05) is 18.2 Å². The summed E-state index contributed by atoms with van der Waals surface area (Å²) in [5.74, 6) is -0.00675. The van der Waals surface area contributed by atoms with Gasteiger partial charge in [-0.15, -0.1) is 0 Å². The van der Waals surface area contributed by atoms with Crippen molar-refractivity contribution in [2.24, 2.45) is 0 Å². The molecule has 110 valence electrons. The smallest absolute Gasteiger partial charge is 0.320 e. The zero-order valence-electron chi connectivity index (χ0n) is 11.5. The van der Waals surface area contributed by atoms with Crippen LogP contribution in [0, 0.1) is 12.7 Å². The molecule has 1 atom stereocenters. The Morgan fingerprint density at radius 2 is 2.10 bits per heavy atom. The molecule has 2 aromatic rings. The third-order valence-electron chi connectivity index (χ3n) is 2.82. The van der Waals surface area contributed by atoms with Gasteiger partial charge < -0.3 is 10.4 Å². The topological polar surface area (TPSA) is 74.2 Å². The summed E-state index contributed by atoms with van der Waals surface area (Å²) >= 11 is 0. The Bertz CT molecular complexity index is 634. The third kappa shape index (κ3) is 4.54. The van der Waals surface area contributed by atoms with Gasteiger partial charge in [0.2, 0.25) is 0 Å². The largest absolute Gasteiger partial charge is 0.387 e. The number of anilines is 1. The molecule has 0 fully saturated rings. The first-order chi connectivity index (χ1) is 10.0. The lowest BCUT2D eigenvalue weighted by Crippen LogP contribution is -2.32. The average molecular weight is 289 g/mol. The van der Waals surface area contributed by atoms with Crippen LogP contribution in [0.1, 0.15) is 17.4 Å². The Balaban J connectivity index is 1.86. The van der Waals surface area contributed by atoms with E-state index in [0.717, 1.165) is 5.69 Å². The monoisotopic (exact) mass is 289 g/mol. The molecule has 0 spiro atoms. The SMILES string of the molecule is Cc1cccc(NC(=O)NC[C@@H](O)c2cccc(F)c2)n1. The number of nitrogens with zero attached hydrogens (tertiary/aromatic N) is 1. The van der Waals surface area contributed by atoms with Crippen molar-refractivity contribution in [3.05, 3.63) is 59.5 Å². The molecule has 0 aliphatic rings. The molecule has 3 N–H and O–H groups in total. The number of aromatic nitrogens is 1. The van der Waals surface area contributed by atoms with Gasteiger partial charge in [-0.25, -0.2) is 14.2 Å². The van der Waals surface area contributed by atoms with Crippen LogP contribution in [-0.2, 0) is 0 Å². The maximum atomic E-state index is 13.0. The second-order valence-electron chi connectivity index (χ2n) is 4.57. The number of carbonyl (C=O) groups is 1. The molecular formula is C15H16FN3O2. The molecule has 5 nitrogen and oxygen atoms in total. The number of carbonyl (C=O) groups excluding carboxylic acids is 1.